The van der Waals surface area contributed by atoms with Crippen LogP contribution in [0.15, 0.2) is 36.4 Å². The summed E-state index contributed by atoms with van der Waals surface area (Å²) in [6.07, 6.45) is 0. The van der Waals surface area contributed by atoms with E-state index in [1.54, 1.807) is 22.5 Å². The van der Waals surface area contributed by atoms with E-state index < -0.39 is 4.75 Å². The second kappa shape index (κ2) is 13.1. The number of halogens is 4. The number of rotatable bonds is 2. The second-order valence-corrected chi connectivity index (χ2v) is 18.1. The van der Waals surface area contributed by atoms with Crippen molar-refractivity contribution in [1.29, 1.82) is 0 Å². The standard InChI is InChI=1S/C17H21Cl2N3S.C16H17Cl2N3OS/c1-10-14-15(12-7-6-11(18)8-13(12)19)23-17(2,3)9-21(4)16(14)22(5)20-10;1-8-12-13(10-6-5-9(17)7-11(10)18)23-16(2,3)15(22)19-14(12)21(4)20-8/h6-8,15H,9H2,1-5H3;5-7,13H,1-4H3,(H,19,22). The van der Waals surface area contributed by atoms with Crippen LogP contribution in [0, 0.1) is 13.8 Å². The summed E-state index contributed by atoms with van der Waals surface area (Å²) >= 11 is 28.6. The minimum Gasteiger partial charge on any atom is -0.358 e. The van der Waals surface area contributed by atoms with Crippen LogP contribution in [0.1, 0.15) is 71.8 Å². The van der Waals surface area contributed by atoms with E-state index in [1.165, 1.54) is 5.56 Å². The zero-order valence-corrected chi connectivity index (χ0v) is 32.0. The van der Waals surface area contributed by atoms with Gasteiger partial charge in [-0.25, -0.2) is 0 Å². The predicted molar refractivity (Wildman–Crippen MR) is 198 cm³/mol. The molecule has 2 aliphatic heterocycles. The van der Waals surface area contributed by atoms with Crippen LogP contribution >= 0.6 is 69.9 Å². The van der Waals surface area contributed by atoms with Gasteiger partial charge in [0.15, 0.2) is 0 Å². The number of hydrogen-bond acceptors (Lipinski definition) is 6. The summed E-state index contributed by atoms with van der Waals surface area (Å²) in [5.74, 6) is 1.84. The van der Waals surface area contributed by atoms with Crippen LogP contribution < -0.4 is 10.2 Å². The van der Waals surface area contributed by atoms with Gasteiger partial charge in [-0.2, -0.15) is 10.2 Å². The van der Waals surface area contributed by atoms with E-state index in [1.807, 2.05) is 81.6 Å². The van der Waals surface area contributed by atoms with Crippen molar-refractivity contribution in [3.8, 4) is 0 Å². The maximum atomic E-state index is 12.5. The zero-order chi connectivity index (χ0) is 33.9. The Balaban J connectivity index is 0.000000181. The first-order valence-corrected chi connectivity index (χ1v) is 18.0. The molecule has 6 rings (SSSR count). The van der Waals surface area contributed by atoms with Crippen molar-refractivity contribution >= 4 is 87.5 Å². The molecule has 7 nitrogen and oxygen atoms in total. The molecule has 4 heterocycles. The van der Waals surface area contributed by atoms with Gasteiger partial charge in [-0.15, -0.1) is 23.5 Å². The van der Waals surface area contributed by atoms with Crippen LogP contribution in [0.4, 0.5) is 11.6 Å². The highest BCUT2D eigenvalue weighted by Crippen LogP contribution is 2.53. The van der Waals surface area contributed by atoms with Crippen molar-refractivity contribution < 1.29 is 4.79 Å². The fraction of sp³-hybridized carbons (Fsp3) is 0.424. The SMILES string of the molecule is Cc1nn(C)c2c1C(c1ccc(Cl)cc1Cl)SC(C)(C)C(=O)N2.Cc1nn(C)c2c1C(c1ccc(Cl)cc1Cl)SC(C)(C)CN2C. The van der Waals surface area contributed by atoms with E-state index in [0.717, 1.165) is 46.3 Å². The highest BCUT2D eigenvalue weighted by molar-refractivity contribution is 8.01. The molecule has 1 amide bonds. The van der Waals surface area contributed by atoms with Crippen LogP contribution in [0.2, 0.25) is 20.1 Å². The lowest BCUT2D eigenvalue weighted by Crippen LogP contribution is -2.33. The molecule has 246 valence electrons. The van der Waals surface area contributed by atoms with Crippen molar-refractivity contribution in [3.05, 3.63) is 90.1 Å². The smallest absolute Gasteiger partial charge is 0.241 e. The molecule has 4 aromatic rings. The number of nitrogens with zero attached hydrogens (tertiary/aromatic N) is 5. The lowest BCUT2D eigenvalue weighted by atomic mass is 10.0. The number of aryl methyl sites for hydroxylation is 4. The largest absolute Gasteiger partial charge is 0.358 e. The maximum Gasteiger partial charge on any atom is 0.241 e. The molecule has 2 aromatic heterocycles. The molecular formula is C33H38Cl4N6OS2. The Morgan fingerprint density at radius 3 is 1.83 bits per heavy atom. The number of aromatic nitrogens is 4. The molecule has 0 saturated heterocycles. The van der Waals surface area contributed by atoms with E-state index in [0.29, 0.717) is 20.1 Å². The molecule has 0 fully saturated rings. The van der Waals surface area contributed by atoms with Gasteiger partial charge in [0.25, 0.3) is 0 Å². The third-order valence-corrected chi connectivity index (χ3v) is 12.2. The van der Waals surface area contributed by atoms with Gasteiger partial charge >= 0.3 is 0 Å². The lowest BCUT2D eigenvalue weighted by Gasteiger charge is -2.29. The first-order valence-electron chi connectivity index (χ1n) is 14.7. The molecule has 13 heteroatoms. The third-order valence-electron chi connectivity index (χ3n) is 8.13. The van der Waals surface area contributed by atoms with Crippen molar-refractivity contribution in [1.82, 2.24) is 19.6 Å². The molecular weight excluding hydrogens is 702 g/mol. The number of nitrogens with one attached hydrogen (secondary N) is 1. The number of anilines is 2. The highest BCUT2D eigenvalue weighted by atomic mass is 35.5. The number of carbonyl (C=O) groups is 1. The fourth-order valence-electron chi connectivity index (χ4n) is 6.15. The van der Waals surface area contributed by atoms with Gasteiger partial charge in [-0.3, -0.25) is 14.2 Å². The maximum absolute atomic E-state index is 12.5. The Kier molecular flexibility index (Phi) is 10.1. The molecule has 0 spiro atoms. The van der Waals surface area contributed by atoms with Crippen LogP contribution in [0.5, 0.6) is 0 Å². The Bertz CT molecular complexity index is 1820. The number of carbonyl (C=O) groups excluding carboxylic acids is 1. The van der Waals surface area contributed by atoms with Crippen LogP contribution in [-0.4, -0.2) is 48.6 Å². The summed E-state index contributed by atoms with van der Waals surface area (Å²) < 4.78 is 3.18. The summed E-state index contributed by atoms with van der Waals surface area (Å²) in [4.78, 5) is 14.8. The summed E-state index contributed by atoms with van der Waals surface area (Å²) in [6.45, 7) is 13.4. The number of benzene rings is 2. The van der Waals surface area contributed by atoms with Crippen LogP contribution in [-0.2, 0) is 18.9 Å². The summed E-state index contributed by atoms with van der Waals surface area (Å²) in [6, 6.07) is 11.3. The third kappa shape index (κ3) is 6.92. The van der Waals surface area contributed by atoms with Gasteiger partial charge in [0.2, 0.25) is 5.91 Å². The van der Waals surface area contributed by atoms with E-state index in [9.17, 15) is 4.79 Å². The van der Waals surface area contributed by atoms with E-state index in [-0.39, 0.29) is 21.2 Å². The Labute approximate surface area is 299 Å². The van der Waals surface area contributed by atoms with E-state index in [2.05, 4.69) is 48.2 Å². The molecule has 2 unspecified atom stereocenters. The quantitative estimate of drug-likeness (QED) is 0.221. The summed E-state index contributed by atoms with van der Waals surface area (Å²) in [5.41, 5.74) is 6.19. The van der Waals surface area contributed by atoms with Crippen molar-refractivity contribution in [2.45, 2.75) is 61.5 Å². The van der Waals surface area contributed by atoms with Crippen LogP contribution in [0.3, 0.4) is 0 Å². The van der Waals surface area contributed by atoms with Crippen molar-refractivity contribution in [2.75, 3.05) is 23.8 Å². The molecule has 46 heavy (non-hydrogen) atoms. The molecule has 2 aromatic carbocycles. The molecule has 0 saturated carbocycles. The first-order chi connectivity index (χ1) is 21.4. The average molecular weight is 741 g/mol. The van der Waals surface area contributed by atoms with E-state index in [4.69, 9.17) is 46.4 Å². The van der Waals surface area contributed by atoms with Crippen molar-refractivity contribution in [3.63, 3.8) is 0 Å². The monoisotopic (exact) mass is 738 g/mol. The summed E-state index contributed by atoms with van der Waals surface area (Å²) in [5, 5.41) is 14.7. The molecule has 1 N–H and O–H groups in total. The molecule has 2 aliphatic rings. The lowest BCUT2D eigenvalue weighted by molar-refractivity contribution is -0.117. The Morgan fingerprint density at radius 2 is 1.28 bits per heavy atom. The zero-order valence-electron chi connectivity index (χ0n) is 27.3. The minimum absolute atomic E-state index is 0.0423. The van der Waals surface area contributed by atoms with Gasteiger partial charge in [0.1, 0.15) is 11.6 Å². The van der Waals surface area contributed by atoms with Gasteiger partial charge in [-0.05, 0) is 76.9 Å². The fourth-order valence-corrected chi connectivity index (χ4v) is 10.4. The van der Waals surface area contributed by atoms with Gasteiger partial charge < -0.3 is 10.2 Å². The molecule has 0 aliphatic carbocycles. The molecule has 0 bridgehead atoms. The molecule has 2 atom stereocenters. The number of thioether (sulfide) groups is 2. The highest BCUT2D eigenvalue weighted by Gasteiger charge is 2.41. The Morgan fingerprint density at radius 1 is 0.783 bits per heavy atom. The van der Waals surface area contributed by atoms with Gasteiger partial charge in [0.05, 0.1) is 26.6 Å². The second-order valence-electron chi connectivity index (χ2n) is 12.8. The topological polar surface area (TPSA) is 68.0 Å². The van der Waals surface area contributed by atoms with Crippen LogP contribution in [0.25, 0.3) is 0 Å². The van der Waals surface area contributed by atoms with E-state index >= 15 is 0 Å². The Hall–Kier alpha value is -2.01. The number of fused-ring (bicyclic) bond motifs is 2. The first kappa shape index (κ1) is 35.3. The van der Waals surface area contributed by atoms with Gasteiger partial charge in [-0.1, -0.05) is 58.5 Å². The minimum atomic E-state index is -0.598. The number of amides is 1. The number of hydrogen-bond donors (Lipinski definition) is 1. The predicted octanol–water partition coefficient (Wildman–Crippen LogP) is 9.67. The average Bonchev–Trinajstić information content (AvgIpc) is 3.30. The summed E-state index contributed by atoms with van der Waals surface area (Å²) in [7, 11) is 5.97. The molecule has 0 radical (unpaired) electrons. The van der Waals surface area contributed by atoms with Gasteiger partial charge in [0, 0.05) is 63.7 Å². The normalized spacial score (nSPS) is 20.1. The van der Waals surface area contributed by atoms with Crippen molar-refractivity contribution in [2.24, 2.45) is 14.1 Å².